The highest BCUT2D eigenvalue weighted by molar-refractivity contribution is 9.10. The lowest BCUT2D eigenvalue weighted by molar-refractivity contribution is 0.267. The van der Waals surface area contributed by atoms with E-state index < -0.39 is 0 Å². The number of nitrogens with one attached hydrogen (secondary N) is 1. The van der Waals surface area contributed by atoms with Gasteiger partial charge in [0.1, 0.15) is 6.61 Å². The van der Waals surface area contributed by atoms with Gasteiger partial charge in [0.05, 0.1) is 11.1 Å². The fourth-order valence-electron chi connectivity index (χ4n) is 3.47. The third-order valence-electron chi connectivity index (χ3n) is 4.97. The van der Waals surface area contributed by atoms with Gasteiger partial charge in [-0.2, -0.15) is 0 Å². The smallest absolute Gasteiger partial charge is 0.175 e. The monoisotopic (exact) mass is 495 g/mol. The van der Waals surface area contributed by atoms with E-state index in [1.165, 1.54) is 10.8 Å². The van der Waals surface area contributed by atoms with Crippen molar-refractivity contribution in [3.63, 3.8) is 0 Å². The molecule has 0 aliphatic rings. The summed E-state index contributed by atoms with van der Waals surface area (Å²) in [6.45, 7) is 3.55. The molecule has 0 fully saturated rings. The molecule has 4 aromatic rings. The Bertz CT molecular complexity index is 1190. The number of fused-ring (bicyclic) bond motifs is 1. The minimum Gasteiger partial charge on any atom is -0.490 e. The summed E-state index contributed by atoms with van der Waals surface area (Å²) in [6, 6.07) is 26.4. The molecule has 0 bridgehead atoms. The molecular formula is C26H23BrClNO2. The summed E-state index contributed by atoms with van der Waals surface area (Å²) in [5.74, 6) is 1.38. The molecule has 4 aromatic carbocycles. The van der Waals surface area contributed by atoms with Gasteiger partial charge in [0, 0.05) is 28.2 Å². The molecule has 0 atom stereocenters. The number of ether oxygens (including phenoxy) is 2. The molecule has 0 aliphatic carbocycles. The number of hydrogen-bond donors (Lipinski definition) is 1. The second-order valence-corrected chi connectivity index (χ2v) is 8.36. The van der Waals surface area contributed by atoms with Crippen molar-refractivity contribution in [1.82, 2.24) is 0 Å². The Kier molecular flexibility index (Phi) is 7.00. The highest BCUT2D eigenvalue weighted by Crippen LogP contribution is 2.38. The van der Waals surface area contributed by atoms with Crippen LogP contribution in [0.5, 0.6) is 11.5 Å². The predicted octanol–water partition coefficient (Wildman–Crippen LogP) is 7.85. The van der Waals surface area contributed by atoms with E-state index in [1.54, 1.807) is 0 Å². The number of hydrogen-bond acceptors (Lipinski definition) is 3. The average Bonchev–Trinajstić information content (AvgIpc) is 2.78. The number of benzene rings is 4. The van der Waals surface area contributed by atoms with Crippen molar-refractivity contribution in [3.8, 4) is 11.5 Å². The van der Waals surface area contributed by atoms with E-state index in [9.17, 15) is 0 Å². The summed E-state index contributed by atoms with van der Waals surface area (Å²) in [5.41, 5.74) is 3.12. The molecule has 5 heteroatoms. The first-order valence-electron chi connectivity index (χ1n) is 10.2. The van der Waals surface area contributed by atoms with Crippen molar-refractivity contribution in [2.45, 2.75) is 20.1 Å². The van der Waals surface area contributed by atoms with Crippen LogP contribution in [0.15, 0.2) is 83.3 Å². The van der Waals surface area contributed by atoms with Crippen LogP contribution in [0.2, 0.25) is 5.02 Å². The third-order valence-corrected chi connectivity index (χ3v) is 5.93. The highest BCUT2D eigenvalue weighted by atomic mass is 79.9. The van der Waals surface area contributed by atoms with Gasteiger partial charge in [-0.1, -0.05) is 66.2 Å². The van der Waals surface area contributed by atoms with E-state index in [2.05, 4.69) is 69.8 Å². The summed E-state index contributed by atoms with van der Waals surface area (Å²) in [5, 5.41) is 6.66. The highest BCUT2D eigenvalue weighted by Gasteiger charge is 2.14. The SMILES string of the molecule is CCOc1cc(CNc2cccc3ccccc23)cc(Br)c1OCc1ccccc1Cl. The van der Waals surface area contributed by atoms with Crippen molar-refractivity contribution < 1.29 is 9.47 Å². The van der Waals surface area contributed by atoms with Gasteiger partial charge in [-0.25, -0.2) is 0 Å². The van der Waals surface area contributed by atoms with Crippen molar-refractivity contribution >= 4 is 44.0 Å². The summed E-state index contributed by atoms with van der Waals surface area (Å²) >= 11 is 9.93. The second kappa shape index (κ2) is 10.1. The number of rotatable bonds is 8. The number of anilines is 1. The maximum absolute atomic E-state index is 6.27. The molecule has 0 radical (unpaired) electrons. The standard InChI is InChI=1S/C26H23BrClNO2/c1-2-30-25-15-18(16-29-24-13-7-10-19-8-3-5-11-21(19)24)14-22(27)26(25)31-17-20-9-4-6-12-23(20)28/h3-15,29H,2,16-17H2,1H3. The van der Waals surface area contributed by atoms with E-state index in [4.69, 9.17) is 21.1 Å². The van der Waals surface area contributed by atoms with Crippen LogP contribution in [0.25, 0.3) is 10.8 Å². The van der Waals surface area contributed by atoms with Crippen LogP contribution in [0.3, 0.4) is 0 Å². The molecule has 0 saturated carbocycles. The Morgan fingerprint density at radius 1 is 0.903 bits per heavy atom. The Hall–Kier alpha value is -2.69. The molecule has 0 aromatic heterocycles. The van der Waals surface area contributed by atoms with E-state index >= 15 is 0 Å². The Labute approximate surface area is 196 Å². The van der Waals surface area contributed by atoms with Gasteiger partial charge in [-0.05, 0) is 58.1 Å². The molecule has 0 aliphatic heterocycles. The first-order valence-corrected chi connectivity index (χ1v) is 11.4. The van der Waals surface area contributed by atoms with Gasteiger partial charge in [-0.15, -0.1) is 0 Å². The lowest BCUT2D eigenvalue weighted by Gasteiger charge is -2.17. The second-order valence-electron chi connectivity index (χ2n) is 7.10. The molecule has 0 amide bonds. The van der Waals surface area contributed by atoms with Crippen LogP contribution in [0.4, 0.5) is 5.69 Å². The number of halogens is 2. The zero-order chi connectivity index (χ0) is 21.6. The van der Waals surface area contributed by atoms with Crippen molar-refractivity contribution in [1.29, 1.82) is 0 Å². The topological polar surface area (TPSA) is 30.5 Å². The Balaban J connectivity index is 1.54. The predicted molar refractivity (Wildman–Crippen MR) is 132 cm³/mol. The summed E-state index contributed by atoms with van der Waals surface area (Å²) in [7, 11) is 0. The van der Waals surface area contributed by atoms with Crippen molar-refractivity contribution in [2.24, 2.45) is 0 Å². The van der Waals surface area contributed by atoms with Crippen molar-refractivity contribution in [2.75, 3.05) is 11.9 Å². The molecule has 0 heterocycles. The Morgan fingerprint density at radius 2 is 1.68 bits per heavy atom. The van der Waals surface area contributed by atoms with Gasteiger partial charge in [0.2, 0.25) is 0 Å². The first kappa shape index (κ1) is 21.5. The van der Waals surface area contributed by atoms with Crippen LogP contribution in [0.1, 0.15) is 18.1 Å². The third kappa shape index (κ3) is 5.15. The van der Waals surface area contributed by atoms with Crippen LogP contribution in [0, 0.1) is 0 Å². The minimum atomic E-state index is 0.367. The molecule has 31 heavy (non-hydrogen) atoms. The van der Waals surface area contributed by atoms with Crippen molar-refractivity contribution in [3.05, 3.63) is 99.5 Å². The summed E-state index contributed by atoms with van der Waals surface area (Å²) in [4.78, 5) is 0. The summed E-state index contributed by atoms with van der Waals surface area (Å²) in [6.07, 6.45) is 0. The Morgan fingerprint density at radius 3 is 2.52 bits per heavy atom. The van der Waals surface area contributed by atoms with Gasteiger partial charge in [0.15, 0.2) is 11.5 Å². The quantitative estimate of drug-likeness (QED) is 0.269. The molecule has 3 nitrogen and oxygen atoms in total. The van der Waals surface area contributed by atoms with E-state index in [-0.39, 0.29) is 0 Å². The molecule has 4 rings (SSSR count). The largest absolute Gasteiger partial charge is 0.490 e. The zero-order valence-electron chi connectivity index (χ0n) is 17.2. The van der Waals surface area contributed by atoms with E-state index in [0.717, 1.165) is 21.3 Å². The van der Waals surface area contributed by atoms with E-state index in [1.807, 2.05) is 37.3 Å². The minimum absolute atomic E-state index is 0.367. The average molecular weight is 497 g/mol. The molecule has 158 valence electrons. The molecule has 0 unspecified atom stereocenters. The maximum Gasteiger partial charge on any atom is 0.175 e. The molecule has 0 spiro atoms. The lowest BCUT2D eigenvalue weighted by Crippen LogP contribution is -2.04. The fourth-order valence-corrected chi connectivity index (χ4v) is 4.26. The zero-order valence-corrected chi connectivity index (χ0v) is 19.5. The first-order chi connectivity index (χ1) is 15.2. The van der Waals surface area contributed by atoms with Crippen LogP contribution >= 0.6 is 27.5 Å². The maximum atomic E-state index is 6.27. The van der Waals surface area contributed by atoms with Crippen LogP contribution < -0.4 is 14.8 Å². The molecule has 1 N–H and O–H groups in total. The summed E-state index contributed by atoms with van der Waals surface area (Å²) < 4.78 is 12.8. The van der Waals surface area contributed by atoms with Gasteiger partial charge >= 0.3 is 0 Å². The normalized spacial score (nSPS) is 10.8. The van der Waals surface area contributed by atoms with Gasteiger partial charge < -0.3 is 14.8 Å². The van der Waals surface area contributed by atoms with E-state index in [0.29, 0.717) is 36.3 Å². The fraction of sp³-hybridized carbons (Fsp3) is 0.154. The molecular weight excluding hydrogens is 474 g/mol. The molecule has 0 saturated heterocycles. The van der Waals surface area contributed by atoms with Gasteiger partial charge in [-0.3, -0.25) is 0 Å². The van der Waals surface area contributed by atoms with Gasteiger partial charge in [0.25, 0.3) is 0 Å². The van der Waals surface area contributed by atoms with Crippen LogP contribution in [-0.4, -0.2) is 6.61 Å². The lowest BCUT2D eigenvalue weighted by atomic mass is 10.1. The van der Waals surface area contributed by atoms with Crippen LogP contribution in [-0.2, 0) is 13.2 Å².